The van der Waals surface area contributed by atoms with Gasteiger partial charge in [-0.2, -0.15) is 8.42 Å². The molecule has 0 unspecified atom stereocenters. The molecule has 0 bridgehead atoms. The van der Waals surface area contributed by atoms with Gasteiger partial charge >= 0.3 is 10.2 Å². The van der Waals surface area contributed by atoms with E-state index in [1.54, 1.807) is 20.8 Å². The summed E-state index contributed by atoms with van der Waals surface area (Å²) in [5.74, 6) is -0.0278. The molecule has 0 spiro atoms. The number of rotatable bonds is 2. The molecule has 0 N–H and O–H groups in total. The zero-order valence-electron chi connectivity index (χ0n) is 8.69. The van der Waals surface area contributed by atoms with Gasteiger partial charge in [-0.25, -0.2) is 0 Å². The number of aromatic nitrogens is 1. The van der Waals surface area contributed by atoms with Gasteiger partial charge in [0.15, 0.2) is 4.90 Å². The van der Waals surface area contributed by atoms with Crippen LogP contribution < -0.4 is 4.74 Å². The van der Waals surface area contributed by atoms with Crippen LogP contribution in [-0.2, 0) is 10.2 Å². The highest BCUT2D eigenvalue weighted by atomic mass is 32.3. The molecule has 0 aromatic carbocycles. The molecule has 6 heteroatoms. The zero-order valence-corrected chi connectivity index (χ0v) is 9.51. The van der Waals surface area contributed by atoms with Crippen molar-refractivity contribution < 1.29 is 17.0 Å². The maximum atomic E-state index is 12.8. The van der Waals surface area contributed by atoms with Gasteiger partial charge in [-0.05, 0) is 26.8 Å². The summed E-state index contributed by atoms with van der Waals surface area (Å²) in [6.07, 6.45) is 2.27. The highest BCUT2D eigenvalue weighted by Crippen LogP contribution is 2.27. The Labute approximate surface area is 88.3 Å². The zero-order chi connectivity index (χ0) is 11.7. The molecule has 84 valence electrons. The summed E-state index contributed by atoms with van der Waals surface area (Å²) in [5.41, 5.74) is -0.596. The molecule has 0 atom stereocenters. The average molecular weight is 233 g/mol. The molecule has 0 aliphatic heterocycles. The van der Waals surface area contributed by atoms with Crippen molar-refractivity contribution in [2.45, 2.75) is 31.3 Å². The maximum absolute atomic E-state index is 12.8. The Kier molecular flexibility index (Phi) is 2.99. The van der Waals surface area contributed by atoms with Crippen molar-refractivity contribution in [2.75, 3.05) is 0 Å². The number of ether oxygens (including phenoxy) is 1. The number of hydrogen-bond donors (Lipinski definition) is 0. The maximum Gasteiger partial charge on any atom is 0.337 e. The molecule has 15 heavy (non-hydrogen) atoms. The van der Waals surface area contributed by atoms with Crippen LogP contribution in [0.4, 0.5) is 3.89 Å². The summed E-state index contributed by atoms with van der Waals surface area (Å²) in [7, 11) is -4.79. The average Bonchev–Trinajstić information content (AvgIpc) is 1.99. The quantitative estimate of drug-likeness (QED) is 0.732. The van der Waals surface area contributed by atoms with E-state index < -0.39 is 20.7 Å². The van der Waals surface area contributed by atoms with E-state index in [2.05, 4.69) is 4.98 Å². The Hall–Kier alpha value is -1.17. The molecule has 0 aliphatic rings. The minimum absolute atomic E-state index is 0.0278. The molecule has 0 radical (unpaired) electrons. The lowest BCUT2D eigenvalue weighted by Crippen LogP contribution is -2.23. The number of hydrogen-bond acceptors (Lipinski definition) is 4. The fourth-order valence-corrected chi connectivity index (χ4v) is 1.50. The molecule has 0 saturated heterocycles. The van der Waals surface area contributed by atoms with Gasteiger partial charge in [0, 0.05) is 6.20 Å². The second-order valence-electron chi connectivity index (χ2n) is 3.97. The van der Waals surface area contributed by atoms with E-state index in [4.69, 9.17) is 4.74 Å². The smallest absolute Gasteiger partial charge is 0.337 e. The predicted octanol–water partition coefficient (Wildman–Crippen LogP) is 1.92. The highest BCUT2D eigenvalue weighted by Gasteiger charge is 2.22. The lowest BCUT2D eigenvalue weighted by molar-refractivity contribution is 0.126. The van der Waals surface area contributed by atoms with E-state index in [0.29, 0.717) is 0 Å². The van der Waals surface area contributed by atoms with Gasteiger partial charge < -0.3 is 4.74 Å². The first-order valence-electron chi connectivity index (χ1n) is 4.28. The highest BCUT2D eigenvalue weighted by molar-refractivity contribution is 7.86. The summed E-state index contributed by atoms with van der Waals surface area (Å²) in [6, 6.07) is 1.32. The fraction of sp³-hybridized carbons (Fsp3) is 0.444. The third-order valence-corrected chi connectivity index (χ3v) is 2.26. The summed E-state index contributed by atoms with van der Waals surface area (Å²) in [6.45, 7) is 5.21. The lowest BCUT2D eigenvalue weighted by atomic mass is 10.2. The van der Waals surface area contributed by atoms with E-state index in [9.17, 15) is 12.3 Å². The first kappa shape index (κ1) is 11.9. The SMILES string of the molecule is CC(C)(C)Oc1ccncc1S(=O)(=O)F. The topological polar surface area (TPSA) is 56.3 Å². The molecular formula is C9H12FNO3S. The van der Waals surface area contributed by atoms with Gasteiger partial charge in [-0.3, -0.25) is 4.98 Å². The van der Waals surface area contributed by atoms with E-state index in [1.807, 2.05) is 0 Å². The molecule has 1 rings (SSSR count). The molecule has 1 aromatic rings. The summed E-state index contributed by atoms with van der Waals surface area (Å²) in [5, 5.41) is 0. The molecule has 0 saturated carbocycles. The Morgan fingerprint density at radius 1 is 1.40 bits per heavy atom. The van der Waals surface area contributed by atoms with Crippen molar-refractivity contribution in [3.05, 3.63) is 18.5 Å². The molecule has 1 aromatic heterocycles. The van der Waals surface area contributed by atoms with Crippen LogP contribution >= 0.6 is 0 Å². The minimum Gasteiger partial charge on any atom is -0.487 e. The Morgan fingerprint density at radius 2 is 2.00 bits per heavy atom. The molecule has 4 nitrogen and oxygen atoms in total. The second kappa shape index (κ2) is 3.77. The van der Waals surface area contributed by atoms with Gasteiger partial charge in [0.2, 0.25) is 0 Å². The third kappa shape index (κ3) is 3.47. The number of pyridine rings is 1. The van der Waals surface area contributed by atoms with Gasteiger partial charge in [0.05, 0.1) is 6.20 Å². The van der Waals surface area contributed by atoms with Gasteiger partial charge in [0.25, 0.3) is 0 Å². The van der Waals surface area contributed by atoms with Crippen molar-refractivity contribution in [1.82, 2.24) is 4.98 Å². The van der Waals surface area contributed by atoms with Crippen LogP contribution in [0.25, 0.3) is 0 Å². The van der Waals surface area contributed by atoms with Crippen LogP contribution in [-0.4, -0.2) is 19.0 Å². The van der Waals surface area contributed by atoms with Crippen molar-refractivity contribution >= 4 is 10.2 Å². The van der Waals surface area contributed by atoms with Crippen LogP contribution in [0.15, 0.2) is 23.4 Å². The molecule has 0 fully saturated rings. The summed E-state index contributed by atoms with van der Waals surface area (Å²) < 4.78 is 39.6. The fourth-order valence-electron chi connectivity index (χ4n) is 0.965. The van der Waals surface area contributed by atoms with Crippen molar-refractivity contribution in [1.29, 1.82) is 0 Å². The van der Waals surface area contributed by atoms with Crippen molar-refractivity contribution in [2.24, 2.45) is 0 Å². The van der Waals surface area contributed by atoms with Crippen molar-refractivity contribution in [3.63, 3.8) is 0 Å². The first-order valence-corrected chi connectivity index (χ1v) is 5.66. The van der Waals surface area contributed by atoms with E-state index in [1.165, 1.54) is 12.3 Å². The third-order valence-electron chi connectivity index (χ3n) is 1.43. The van der Waals surface area contributed by atoms with Gasteiger partial charge in [-0.1, -0.05) is 0 Å². The minimum atomic E-state index is -4.79. The van der Waals surface area contributed by atoms with Crippen LogP contribution in [0.2, 0.25) is 0 Å². The summed E-state index contributed by atoms with van der Waals surface area (Å²) in [4.78, 5) is 3.00. The van der Waals surface area contributed by atoms with Gasteiger partial charge in [-0.15, -0.1) is 3.89 Å². The second-order valence-corrected chi connectivity index (χ2v) is 5.29. The van der Waals surface area contributed by atoms with E-state index >= 15 is 0 Å². The molecule has 1 heterocycles. The van der Waals surface area contributed by atoms with Crippen LogP contribution in [0.5, 0.6) is 5.75 Å². The number of nitrogens with zero attached hydrogens (tertiary/aromatic N) is 1. The Balaban J connectivity index is 3.20. The molecule has 0 aliphatic carbocycles. The Bertz CT molecular complexity index is 451. The number of halogens is 1. The molecular weight excluding hydrogens is 221 g/mol. The van der Waals surface area contributed by atoms with Crippen LogP contribution in [0.1, 0.15) is 20.8 Å². The predicted molar refractivity (Wildman–Crippen MR) is 52.9 cm³/mol. The standard InChI is InChI=1S/C9H12FNO3S/c1-9(2,3)14-7-4-5-11-6-8(7)15(10,12)13/h4-6H,1-3H3. The van der Waals surface area contributed by atoms with Crippen molar-refractivity contribution in [3.8, 4) is 5.75 Å². The largest absolute Gasteiger partial charge is 0.487 e. The first-order chi connectivity index (χ1) is 6.70. The summed E-state index contributed by atoms with van der Waals surface area (Å²) >= 11 is 0. The van der Waals surface area contributed by atoms with E-state index in [0.717, 1.165) is 6.20 Å². The van der Waals surface area contributed by atoms with Crippen LogP contribution in [0.3, 0.4) is 0 Å². The van der Waals surface area contributed by atoms with Gasteiger partial charge in [0.1, 0.15) is 11.4 Å². The molecule has 0 amide bonds. The Morgan fingerprint density at radius 3 is 2.47 bits per heavy atom. The van der Waals surface area contributed by atoms with E-state index in [-0.39, 0.29) is 5.75 Å². The van der Waals surface area contributed by atoms with Crippen LogP contribution in [0, 0.1) is 0 Å². The monoisotopic (exact) mass is 233 g/mol. The normalized spacial score (nSPS) is 12.5. The lowest BCUT2D eigenvalue weighted by Gasteiger charge is -2.21.